The Kier molecular flexibility index (Phi) is 1.83. The van der Waals surface area contributed by atoms with Crippen LogP contribution >= 0.6 is 0 Å². The Labute approximate surface area is 72.6 Å². The summed E-state index contributed by atoms with van der Waals surface area (Å²) >= 11 is 0. The normalized spacial score (nSPS) is 26.2. The maximum Gasteiger partial charge on any atom is 0.0624 e. The van der Waals surface area contributed by atoms with Crippen LogP contribution in [0.2, 0.25) is 0 Å². The highest BCUT2D eigenvalue weighted by atomic mass is 14.4. The fraction of sp³-hybridized carbons (Fsp3) is 0.364. The summed E-state index contributed by atoms with van der Waals surface area (Å²) < 4.78 is 0. The molecule has 1 aliphatic rings. The van der Waals surface area contributed by atoms with E-state index in [0.29, 0.717) is 11.8 Å². The highest BCUT2D eigenvalue weighted by molar-refractivity contribution is 5.25. The van der Waals surface area contributed by atoms with Crippen LogP contribution < -0.4 is 0 Å². The molecule has 2 atom stereocenters. The minimum atomic E-state index is 0.636. The predicted octanol–water partition coefficient (Wildman–Crippen LogP) is 2.70. The van der Waals surface area contributed by atoms with E-state index in [1.807, 2.05) is 6.07 Å². The van der Waals surface area contributed by atoms with Gasteiger partial charge in [0.25, 0.3) is 0 Å². The third-order valence-corrected chi connectivity index (χ3v) is 2.50. The van der Waals surface area contributed by atoms with Crippen LogP contribution in [0.1, 0.15) is 24.3 Å². The van der Waals surface area contributed by atoms with Gasteiger partial charge < -0.3 is 0 Å². The SMILES string of the molecule is N#CC[C@@H]1C[C@@H]1c1ccccc1. The van der Waals surface area contributed by atoms with Crippen molar-refractivity contribution in [3.8, 4) is 6.07 Å². The summed E-state index contributed by atoms with van der Waals surface area (Å²) in [5.41, 5.74) is 1.40. The lowest BCUT2D eigenvalue weighted by molar-refractivity contribution is 0.829. The third kappa shape index (κ3) is 1.33. The van der Waals surface area contributed by atoms with Crippen molar-refractivity contribution in [3.05, 3.63) is 35.9 Å². The Balaban J connectivity index is 2.03. The summed E-state index contributed by atoms with van der Waals surface area (Å²) in [6.07, 6.45) is 1.93. The highest BCUT2D eigenvalue weighted by Crippen LogP contribution is 2.49. The molecule has 60 valence electrons. The van der Waals surface area contributed by atoms with Gasteiger partial charge in [-0.15, -0.1) is 0 Å². The van der Waals surface area contributed by atoms with Crippen LogP contribution in [0.15, 0.2) is 30.3 Å². The first-order valence-corrected chi connectivity index (χ1v) is 4.33. The second-order valence-corrected chi connectivity index (χ2v) is 3.38. The fourth-order valence-electron chi connectivity index (χ4n) is 1.70. The number of benzene rings is 1. The number of rotatable bonds is 2. The second-order valence-electron chi connectivity index (χ2n) is 3.38. The first-order chi connectivity index (χ1) is 5.92. The van der Waals surface area contributed by atoms with Crippen LogP contribution in [-0.2, 0) is 0 Å². The van der Waals surface area contributed by atoms with E-state index in [4.69, 9.17) is 5.26 Å². The maximum atomic E-state index is 8.49. The van der Waals surface area contributed by atoms with E-state index in [0.717, 1.165) is 6.42 Å². The van der Waals surface area contributed by atoms with E-state index in [9.17, 15) is 0 Å². The summed E-state index contributed by atoms with van der Waals surface area (Å²) in [5.74, 6) is 1.31. The molecule has 1 saturated carbocycles. The maximum absolute atomic E-state index is 8.49. The van der Waals surface area contributed by atoms with Gasteiger partial charge in [0.15, 0.2) is 0 Å². The van der Waals surface area contributed by atoms with Crippen LogP contribution in [0, 0.1) is 17.2 Å². The van der Waals surface area contributed by atoms with Crippen molar-refractivity contribution in [1.82, 2.24) is 0 Å². The molecule has 0 amide bonds. The number of hydrogen-bond donors (Lipinski definition) is 0. The molecule has 1 heteroatoms. The van der Waals surface area contributed by atoms with Crippen molar-refractivity contribution >= 4 is 0 Å². The highest BCUT2D eigenvalue weighted by Gasteiger charge is 2.37. The molecule has 0 saturated heterocycles. The molecule has 2 rings (SSSR count). The zero-order valence-electron chi connectivity index (χ0n) is 6.90. The molecule has 0 heterocycles. The molecular weight excluding hydrogens is 146 g/mol. The van der Waals surface area contributed by atoms with Crippen LogP contribution in [0.25, 0.3) is 0 Å². The van der Waals surface area contributed by atoms with Gasteiger partial charge in [-0.2, -0.15) is 5.26 Å². The van der Waals surface area contributed by atoms with E-state index in [1.165, 1.54) is 12.0 Å². The van der Waals surface area contributed by atoms with Crippen LogP contribution in [0.4, 0.5) is 0 Å². The predicted molar refractivity (Wildman–Crippen MR) is 47.5 cm³/mol. The Morgan fingerprint density at radius 1 is 1.33 bits per heavy atom. The first-order valence-electron chi connectivity index (χ1n) is 4.33. The monoisotopic (exact) mass is 157 g/mol. The lowest BCUT2D eigenvalue weighted by Crippen LogP contribution is -1.81. The van der Waals surface area contributed by atoms with Crippen LogP contribution in [0.3, 0.4) is 0 Å². The molecule has 1 aromatic carbocycles. The molecule has 0 unspecified atom stereocenters. The van der Waals surface area contributed by atoms with Gasteiger partial charge in [0.2, 0.25) is 0 Å². The molecular formula is C11H11N. The molecule has 0 radical (unpaired) electrons. The van der Waals surface area contributed by atoms with Gasteiger partial charge in [0.1, 0.15) is 0 Å². The van der Waals surface area contributed by atoms with Gasteiger partial charge >= 0.3 is 0 Å². The minimum absolute atomic E-state index is 0.636. The van der Waals surface area contributed by atoms with E-state index in [2.05, 4.69) is 30.3 Å². The van der Waals surface area contributed by atoms with Crippen molar-refractivity contribution in [2.45, 2.75) is 18.8 Å². The first kappa shape index (κ1) is 7.36. The Morgan fingerprint density at radius 3 is 2.75 bits per heavy atom. The quantitative estimate of drug-likeness (QED) is 0.647. The Hall–Kier alpha value is -1.29. The molecule has 0 N–H and O–H groups in total. The van der Waals surface area contributed by atoms with Crippen molar-refractivity contribution in [2.24, 2.45) is 5.92 Å². The third-order valence-electron chi connectivity index (χ3n) is 2.50. The summed E-state index contributed by atoms with van der Waals surface area (Å²) in [7, 11) is 0. The van der Waals surface area contributed by atoms with E-state index in [1.54, 1.807) is 0 Å². The van der Waals surface area contributed by atoms with Crippen LogP contribution in [-0.4, -0.2) is 0 Å². The van der Waals surface area contributed by atoms with Crippen molar-refractivity contribution < 1.29 is 0 Å². The molecule has 0 bridgehead atoms. The zero-order valence-corrected chi connectivity index (χ0v) is 6.90. The smallest absolute Gasteiger partial charge is 0.0624 e. The second kappa shape index (κ2) is 2.98. The molecule has 0 spiro atoms. The summed E-state index contributed by atoms with van der Waals surface area (Å²) in [4.78, 5) is 0. The number of nitrogens with zero attached hydrogens (tertiary/aromatic N) is 1. The molecule has 1 aromatic rings. The molecule has 1 aliphatic carbocycles. The number of hydrogen-bond acceptors (Lipinski definition) is 1. The standard InChI is InChI=1S/C11H11N/c12-7-6-10-8-11(10)9-4-2-1-3-5-9/h1-5,10-11H,6,8H2/t10-,11-/m1/s1. The van der Waals surface area contributed by atoms with E-state index >= 15 is 0 Å². The van der Waals surface area contributed by atoms with E-state index < -0.39 is 0 Å². The van der Waals surface area contributed by atoms with Gasteiger partial charge in [-0.05, 0) is 23.8 Å². The summed E-state index contributed by atoms with van der Waals surface area (Å²) in [6.45, 7) is 0. The molecule has 1 fully saturated rings. The van der Waals surface area contributed by atoms with Gasteiger partial charge in [0.05, 0.1) is 6.07 Å². The van der Waals surface area contributed by atoms with Crippen LogP contribution in [0.5, 0.6) is 0 Å². The average Bonchev–Trinajstić information content (AvgIpc) is 2.87. The molecule has 1 nitrogen and oxygen atoms in total. The summed E-state index contributed by atoms with van der Waals surface area (Å²) in [6, 6.07) is 12.7. The molecule has 0 aliphatic heterocycles. The van der Waals surface area contributed by atoms with Crippen molar-refractivity contribution in [1.29, 1.82) is 5.26 Å². The summed E-state index contributed by atoms with van der Waals surface area (Å²) in [5, 5.41) is 8.49. The van der Waals surface area contributed by atoms with E-state index in [-0.39, 0.29) is 0 Å². The fourth-order valence-corrected chi connectivity index (χ4v) is 1.70. The van der Waals surface area contributed by atoms with Crippen molar-refractivity contribution in [2.75, 3.05) is 0 Å². The lowest BCUT2D eigenvalue weighted by atomic mass is 10.1. The lowest BCUT2D eigenvalue weighted by Gasteiger charge is -1.95. The minimum Gasteiger partial charge on any atom is -0.198 e. The Morgan fingerprint density at radius 2 is 2.08 bits per heavy atom. The van der Waals surface area contributed by atoms with Gasteiger partial charge in [-0.1, -0.05) is 30.3 Å². The van der Waals surface area contributed by atoms with Gasteiger partial charge in [-0.25, -0.2) is 0 Å². The zero-order chi connectivity index (χ0) is 8.39. The molecule has 0 aromatic heterocycles. The Bertz CT molecular complexity index is 297. The average molecular weight is 157 g/mol. The van der Waals surface area contributed by atoms with Crippen molar-refractivity contribution in [3.63, 3.8) is 0 Å². The molecule has 12 heavy (non-hydrogen) atoms. The van der Waals surface area contributed by atoms with Gasteiger partial charge in [-0.3, -0.25) is 0 Å². The van der Waals surface area contributed by atoms with Gasteiger partial charge in [0, 0.05) is 6.42 Å². The number of nitriles is 1. The topological polar surface area (TPSA) is 23.8 Å². The largest absolute Gasteiger partial charge is 0.198 e.